The van der Waals surface area contributed by atoms with E-state index in [4.69, 9.17) is 0 Å². The standard InChI is InChI=1S/C10H13F8NO2S/c1-7(11,12)8(13,14)9(15,16)10(17,18)22(20,21)19-5-3-2-4-6-19/h2-6H2,1H3. The van der Waals surface area contributed by atoms with Crippen LogP contribution in [0.5, 0.6) is 0 Å². The molecule has 0 aliphatic carbocycles. The van der Waals surface area contributed by atoms with E-state index in [-0.39, 0.29) is 17.1 Å². The molecule has 1 rings (SSSR count). The van der Waals surface area contributed by atoms with Gasteiger partial charge in [0, 0.05) is 20.0 Å². The summed E-state index contributed by atoms with van der Waals surface area (Å²) < 4.78 is 128. The number of nitrogens with zero attached hydrogens (tertiary/aromatic N) is 1. The summed E-state index contributed by atoms with van der Waals surface area (Å²) in [5, 5.41) is -6.37. The molecule has 12 heteroatoms. The molecule has 1 heterocycles. The lowest BCUT2D eigenvalue weighted by atomic mass is 10.1. The highest BCUT2D eigenvalue weighted by Gasteiger charge is 2.83. The van der Waals surface area contributed by atoms with Crippen LogP contribution < -0.4 is 0 Å². The van der Waals surface area contributed by atoms with E-state index < -0.39 is 53.1 Å². The van der Waals surface area contributed by atoms with E-state index >= 15 is 0 Å². The van der Waals surface area contributed by atoms with Gasteiger partial charge in [-0.1, -0.05) is 6.42 Å². The number of hydrogen-bond donors (Lipinski definition) is 0. The summed E-state index contributed by atoms with van der Waals surface area (Å²) >= 11 is 0. The number of piperidine rings is 1. The molecule has 132 valence electrons. The molecule has 0 unspecified atom stereocenters. The maximum Gasteiger partial charge on any atom is 0.427 e. The van der Waals surface area contributed by atoms with Crippen LogP contribution in [0.1, 0.15) is 26.2 Å². The first-order valence-corrected chi connectivity index (χ1v) is 7.55. The van der Waals surface area contributed by atoms with Crippen LogP contribution in [0, 0.1) is 0 Å². The van der Waals surface area contributed by atoms with Crippen molar-refractivity contribution in [2.24, 2.45) is 0 Å². The van der Waals surface area contributed by atoms with E-state index in [1.165, 1.54) is 0 Å². The van der Waals surface area contributed by atoms with Gasteiger partial charge in [-0.25, -0.2) is 8.42 Å². The molecule has 0 aromatic heterocycles. The monoisotopic (exact) mass is 363 g/mol. The summed E-state index contributed by atoms with van der Waals surface area (Å²) in [6.45, 7) is -1.82. The van der Waals surface area contributed by atoms with Gasteiger partial charge in [0.25, 0.3) is 10.0 Å². The van der Waals surface area contributed by atoms with Crippen LogP contribution in [0.25, 0.3) is 0 Å². The molecule has 0 aromatic carbocycles. The van der Waals surface area contributed by atoms with E-state index in [0.29, 0.717) is 6.42 Å². The van der Waals surface area contributed by atoms with Gasteiger partial charge < -0.3 is 0 Å². The fourth-order valence-electron chi connectivity index (χ4n) is 1.89. The molecule has 0 N–H and O–H groups in total. The Kier molecular flexibility index (Phi) is 4.82. The summed E-state index contributed by atoms with van der Waals surface area (Å²) in [5.41, 5.74) is 0. The van der Waals surface area contributed by atoms with Crippen LogP contribution in [0.15, 0.2) is 0 Å². The molecule has 1 aliphatic rings. The maximum absolute atomic E-state index is 13.6. The van der Waals surface area contributed by atoms with Crippen molar-refractivity contribution < 1.29 is 43.5 Å². The van der Waals surface area contributed by atoms with Gasteiger partial charge in [0.15, 0.2) is 0 Å². The molecule has 0 amide bonds. The molecule has 0 radical (unpaired) electrons. The average molecular weight is 363 g/mol. The third-order valence-corrected chi connectivity index (χ3v) is 5.24. The SMILES string of the molecule is CC(F)(F)C(F)(F)C(F)(F)C(F)(F)S(=O)(=O)N1CCCCC1. The molecule has 0 saturated carbocycles. The minimum Gasteiger partial charge on any atom is -0.206 e. The van der Waals surface area contributed by atoms with Crippen LogP contribution in [0.2, 0.25) is 0 Å². The summed E-state index contributed by atoms with van der Waals surface area (Å²) in [5.74, 6) is -18.9. The van der Waals surface area contributed by atoms with Gasteiger partial charge in [-0.3, -0.25) is 0 Å². The van der Waals surface area contributed by atoms with E-state index in [2.05, 4.69) is 0 Å². The minimum atomic E-state index is -6.78. The van der Waals surface area contributed by atoms with Crippen molar-refractivity contribution in [3.8, 4) is 0 Å². The molecule has 1 fully saturated rings. The molecular formula is C10H13F8NO2S. The van der Waals surface area contributed by atoms with Gasteiger partial charge in [-0.15, -0.1) is 0 Å². The second-order valence-electron chi connectivity index (χ2n) is 5.02. The highest BCUT2D eigenvalue weighted by molar-refractivity contribution is 7.90. The van der Waals surface area contributed by atoms with E-state index in [1.54, 1.807) is 0 Å². The lowest BCUT2D eigenvalue weighted by Gasteiger charge is -2.37. The van der Waals surface area contributed by atoms with Crippen molar-refractivity contribution >= 4 is 10.0 Å². The molecule has 1 saturated heterocycles. The first-order valence-electron chi connectivity index (χ1n) is 6.11. The predicted octanol–water partition coefficient (Wildman–Crippen LogP) is 3.32. The molecule has 0 bridgehead atoms. The van der Waals surface area contributed by atoms with Crippen LogP contribution in [0.3, 0.4) is 0 Å². The fourth-order valence-corrected chi connectivity index (χ4v) is 3.40. The van der Waals surface area contributed by atoms with Crippen molar-refractivity contribution in [1.29, 1.82) is 0 Å². The van der Waals surface area contributed by atoms with E-state index in [0.717, 1.165) is 0 Å². The third kappa shape index (κ3) is 2.68. The van der Waals surface area contributed by atoms with Crippen molar-refractivity contribution in [3.63, 3.8) is 0 Å². The summed E-state index contributed by atoms with van der Waals surface area (Å²) in [6, 6.07) is 0. The number of alkyl halides is 8. The Morgan fingerprint density at radius 2 is 1.18 bits per heavy atom. The van der Waals surface area contributed by atoms with Gasteiger partial charge in [0.05, 0.1) is 0 Å². The largest absolute Gasteiger partial charge is 0.427 e. The van der Waals surface area contributed by atoms with Crippen molar-refractivity contribution in [3.05, 3.63) is 0 Å². The highest BCUT2D eigenvalue weighted by atomic mass is 32.2. The van der Waals surface area contributed by atoms with Gasteiger partial charge >= 0.3 is 23.0 Å². The second kappa shape index (κ2) is 5.46. The van der Waals surface area contributed by atoms with Crippen molar-refractivity contribution in [1.82, 2.24) is 4.31 Å². The zero-order valence-electron chi connectivity index (χ0n) is 11.2. The summed E-state index contributed by atoms with van der Waals surface area (Å²) in [6.07, 6.45) is 0.583. The smallest absolute Gasteiger partial charge is 0.206 e. The number of rotatable bonds is 5. The van der Waals surface area contributed by atoms with Gasteiger partial charge in [0.1, 0.15) is 0 Å². The van der Waals surface area contributed by atoms with Crippen LogP contribution in [0.4, 0.5) is 35.1 Å². The minimum absolute atomic E-state index is 0.0706. The Bertz CT molecular complexity index is 508. The van der Waals surface area contributed by atoms with Gasteiger partial charge in [0.2, 0.25) is 0 Å². The van der Waals surface area contributed by atoms with Crippen LogP contribution in [-0.2, 0) is 10.0 Å². The van der Waals surface area contributed by atoms with Gasteiger partial charge in [-0.2, -0.15) is 39.4 Å². The molecule has 0 spiro atoms. The molecular weight excluding hydrogens is 350 g/mol. The van der Waals surface area contributed by atoms with E-state index in [1.807, 2.05) is 0 Å². The lowest BCUT2D eigenvalue weighted by Crippen LogP contribution is -2.65. The Balaban J connectivity index is 3.31. The lowest BCUT2D eigenvalue weighted by molar-refractivity contribution is -0.343. The van der Waals surface area contributed by atoms with Crippen LogP contribution >= 0.6 is 0 Å². The fraction of sp³-hybridized carbons (Fsp3) is 1.00. The van der Waals surface area contributed by atoms with Crippen molar-refractivity contribution in [2.45, 2.75) is 49.2 Å². The number of sulfonamides is 1. The average Bonchev–Trinajstić information content (AvgIpc) is 2.37. The topological polar surface area (TPSA) is 37.4 Å². The Labute approximate surface area is 121 Å². The van der Waals surface area contributed by atoms with E-state index in [9.17, 15) is 43.5 Å². The molecule has 0 aromatic rings. The first kappa shape index (κ1) is 19.4. The van der Waals surface area contributed by atoms with Crippen LogP contribution in [-0.4, -0.2) is 48.8 Å². The Morgan fingerprint density at radius 3 is 1.55 bits per heavy atom. The Hall–Kier alpha value is -0.650. The zero-order valence-corrected chi connectivity index (χ0v) is 12.0. The first-order chi connectivity index (χ1) is 9.61. The molecule has 1 aliphatic heterocycles. The number of halogens is 8. The number of hydrogen-bond acceptors (Lipinski definition) is 2. The molecule has 0 atom stereocenters. The maximum atomic E-state index is 13.6. The predicted molar refractivity (Wildman–Crippen MR) is 59.8 cm³/mol. The molecule has 3 nitrogen and oxygen atoms in total. The third-order valence-electron chi connectivity index (χ3n) is 3.29. The van der Waals surface area contributed by atoms with Gasteiger partial charge in [-0.05, 0) is 12.8 Å². The highest BCUT2D eigenvalue weighted by Crippen LogP contribution is 2.54. The molecule has 22 heavy (non-hydrogen) atoms. The summed E-state index contributed by atoms with van der Waals surface area (Å²) in [4.78, 5) is 0. The Morgan fingerprint density at radius 1 is 0.773 bits per heavy atom. The second-order valence-corrected chi connectivity index (χ2v) is 7.00. The normalized spacial score (nSPS) is 20.2. The quantitative estimate of drug-likeness (QED) is 0.703. The summed E-state index contributed by atoms with van der Waals surface area (Å²) in [7, 11) is -6.23. The zero-order chi connectivity index (χ0) is 17.6. The van der Waals surface area contributed by atoms with Crippen molar-refractivity contribution in [2.75, 3.05) is 13.1 Å².